The van der Waals surface area contributed by atoms with E-state index in [2.05, 4.69) is 24.1 Å². The van der Waals surface area contributed by atoms with E-state index in [0.29, 0.717) is 0 Å². The van der Waals surface area contributed by atoms with Crippen LogP contribution in [0.15, 0.2) is 42.4 Å². The maximum atomic E-state index is 3.59. The van der Waals surface area contributed by atoms with Gasteiger partial charge >= 0.3 is 0 Å². The number of likely N-dealkylation sites (N-methyl/N-ethyl adjacent to an activating group) is 1. The Balaban J connectivity index is 2.84. The van der Waals surface area contributed by atoms with E-state index in [4.69, 9.17) is 0 Å². The summed E-state index contributed by atoms with van der Waals surface area (Å²) in [4.78, 5) is 2.09. The third-order valence-electron chi connectivity index (χ3n) is 1.46. The van der Waals surface area contributed by atoms with Gasteiger partial charge in [0.05, 0.1) is 5.70 Å². The van der Waals surface area contributed by atoms with Gasteiger partial charge in [-0.15, -0.1) is 5.73 Å². The summed E-state index contributed by atoms with van der Waals surface area (Å²) in [6, 6.07) is 0. The van der Waals surface area contributed by atoms with Gasteiger partial charge in [0, 0.05) is 12.7 Å². The average molecular weight is 133 g/mol. The molecule has 0 unspecified atom stereocenters. The molecule has 0 amide bonds. The minimum absolute atomic E-state index is 0.971. The van der Waals surface area contributed by atoms with E-state index >= 15 is 0 Å². The molecule has 0 bridgehead atoms. The van der Waals surface area contributed by atoms with Gasteiger partial charge < -0.3 is 4.90 Å². The second-order valence-electron chi connectivity index (χ2n) is 2.05. The molecule has 10 heavy (non-hydrogen) atoms. The molecule has 1 aliphatic heterocycles. The number of hydrogen-bond donors (Lipinski definition) is 0. The van der Waals surface area contributed by atoms with Crippen LogP contribution in [0.2, 0.25) is 0 Å². The highest BCUT2D eigenvalue weighted by atomic mass is 15.1. The van der Waals surface area contributed by atoms with E-state index in [0.717, 1.165) is 12.2 Å². The Morgan fingerprint density at radius 3 is 2.90 bits per heavy atom. The van der Waals surface area contributed by atoms with E-state index in [9.17, 15) is 0 Å². The summed E-state index contributed by atoms with van der Waals surface area (Å²) in [6.45, 7) is 6.66. The molecule has 1 aliphatic rings. The molecule has 52 valence electrons. The van der Waals surface area contributed by atoms with Gasteiger partial charge in [0.15, 0.2) is 0 Å². The van der Waals surface area contributed by atoms with Crippen LogP contribution in [0.1, 0.15) is 6.92 Å². The molecule has 0 aromatic heterocycles. The van der Waals surface area contributed by atoms with E-state index in [1.165, 1.54) is 0 Å². The highest BCUT2D eigenvalue weighted by molar-refractivity contribution is 5.26. The third-order valence-corrected chi connectivity index (χ3v) is 1.46. The molecule has 0 fully saturated rings. The Morgan fingerprint density at radius 2 is 2.40 bits per heavy atom. The Kier molecular flexibility index (Phi) is 2.14. The maximum Gasteiger partial charge on any atom is 0.0833 e. The first-order chi connectivity index (χ1) is 4.88. The number of nitrogens with zero attached hydrogens (tertiary/aromatic N) is 1. The first kappa shape index (κ1) is 6.91. The molecule has 0 saturated carbocycles. The van der Waals surface area contributed by atoms with Gasteiger partial charge in [0.25, 0.3) is 0 Å². The molecule has 0 aromatic rings. The van der Waals surface area contributed by atoms with Crippen molar-refractivity contribution in [3.63, 3.8) is 0 Å². The van der Waals surface area contributed by atoms with Gasteiger partial charge in [-0.2, -0.15) is 0 Å². The monoisotopic (exact) mass is 133 g/mol. The Morgan fingerprint density at radius 1 is 1.60 bits per heavy atom. The molecule has 1 heteroatoms. The van der Waals surface area contributed by atoms with Crippen molar-refractivity contribution in [3.05, 3.63) is 42.4 Å². The Bertz CT molecular complexity index is 217. The first-order valence-corrected chi connectivity index (χ1v) is 3.40. The summed E-state index contributed by atoms with van der Waals surface area (Å²) in [6.07, 6.45) is 8.01. The van der Waals surface area contributed by atoms with Crippen molar-refractivity contribution >= 4 is 0 Å². The van der Waals surface area contributed by atoms with E-state index in [1.807, 2.05) is 24.4 Å². The SMILES string of the molecule is C=C=C1C=CC=CN1CC. The topological polar surface area (TPSA) is 3.24 Å². The van der Waals surface area contributed by atoms with Crippen LogP contribution in [0.25, 0.3) is 0 Å². The molecule has 0 saturated heterocycles. The van der Waals surface area contributed by atoms with Gasteiger partial charge in [-0.3, -0.25) is 0 Å². The predicted octanol–water partition coefficient (Wildman–Crippen LogP) is 2.06. The molecule has 1 nitrogen and oxygen atoms in total. The Labute approximate surface area is 61.7 Å². The van der Waals surface area contributed by atoms with Crippen molar-refractivity contribution in [3.8, 4) is 0 Å². The third kappa shape index (κ3) is 1.20. The van der Waals surface area contributed by atoms with Crippen molar-refractivity contribution in [2.75, 3.05) is 6.54 Å². The lowest BCUT2D eigenvalue weighted by molar-refractivity contribution is 0.504. The van der Waals surface area contributed by atoms with Gasteiger partial charge in [-0.1, -0.05) is 12.7 Å². The molecule has 0 radical (unpaired) electrons. The van der Waals surface area contributed by atoms with E-state index < -0.39 is 0 Å². The van der Waals surface area contributed by atoms with Gasteiger partial charge in [-0.05, 0) is 19.1 Å². The zero-order chi connectivity index (χ0) is 7.40. The lowest BCUT2D eigenvalue weighted by Crippen LogP contribution is -2.15. The molecular formula is C9H11N. The standard InChI is InChI=1S/C9H11N/c1-3-9-7-5-6-8-10(9)4-2/h5-8H,1,4H2,2H3. The number of allylic oxidation sites excluding steroid dienone is 3. The van der Waals surface area contributed by atoms with Crippen molar-refractivity contribution in [1.29, 1.82) is 0 Å². The van der Waals surface area contributed by atoms with E-state index in [1.54, 1.807) is 0 Å². The summed E-state index contributed by atoms with van der Waals surface area (Å²) in [5.74, 6) is 0. The van der Waals surface area contributed by atoms with Crippen LogP contribution in [0.3, 0.4) is 0 Å². The molecule has 0 atom stereocenters. The summed E-state index contributed by atoms with van der Waals surface area (Å²) in [5.41, 5.74) is 3.91. The lowest BCUT2D eigenvalue weighted by Gasteiger charge is -2.19. The van der Waals surface area contributed by atoms with Crippen molar-refractivity contribution in [2.24, 2.45) is 0 Å². The second-order valence-corrected chi connectivity index (χ2v) is 2.05. The molecule has 1 heterocycles. The molecular weight excluding hydrogens is 122 g/mol. The predicted molar refractivity (Wildman–Crippen MR) is 43.3 cm³/mol. The summed E-state index contributed by atoms with van der Waals surface area (Å²) >= 11 is 0. The summed E-state index contributed by atoms with van der Waals surface area (Å²) in [5, 5.41) is 0. The maximum absolute atomic E-state index is 3.59. The quantitative estimate of drug-likeness (QED) is 0.495. The highest BCUT2D eigenvalue weighted by Gasteiger charge is 2.00. The zero-order valence-electron chi connectivity index (χ0n) is 6.17. The van der Waals surface area contributed by atoms with Crippen molar-refractivity contribution in [2.45, 2.75) is 6.92 Å². The molecule has 1 rings (SSSR count). The molecule has 0 spiro atoms. The summed E-state index contributed by atoms with van der Waals surface area (Å²) in [7, 11) is 0. The van der Waals surface area contributed by atoms with Gasteiger partial charge in [0.1, 0.15) is 0 Å². The lowest BCUT2D eigenvalue weighted by atomic mass is 10.3. The number of hydrogen-bond acceptors (Lipinski definition) is 1. The molecule has 0 aliphatic carbocycles. The fourth-order valence-corrected chi connectivity index (χ4v) is 0.913. The van der Waals surface area contributed by atoms with Crippen LogP contribution in [-0.2, 0) is 0 Å². The molecule has 0 N–H and O–H groups in total. The van der Waals surface area contributed by atoms with Crippen LogP contribution >= 0.6 is 0 Å². The zero-order valence-corrected chi connectivity index (χ0v) is 6.17. The Hall–Kier alpha value is -1.20. The molecule has 0 aromatic carbocycles. The normalized spacial score (nSPS) is 15.7. The average Bonchev–Trinajstić information content (AvgIpc) is 2.04. The van der Waals surface area contributed by atoms with Crippen LogP contribution in [0.5, 0.6) is 0 Å². The van der Waals surface area contributed by atoms with Crippen LogP contribution in [-0.4, -0.2) is 11.4 Å². The largest absolute Gasteiger partial charge is 0.342 e. The minimum atomic E-state index is 0.971. The van der Waals surface area contributed by atoms with E-state index in [-0.39, 0.29) is 0 Å². The van der Waals surface area contributed by atoms with Crippen LogP contribution < -0.4 is 0 Å². The van der Waals surface area contributed by atoms with Crippen molar-refractivity contribution in [1.82, 2.24) is 4.90 Å². The van der Waals surface area contributed by atoms with Crippen LogP contribution in [0.4, 0.5) is 0 Å². The van der Waals surface area contributed by atoms with Crippen LogP contribution in [0, 0.1) is 0 Å². The van der Waals surface area contributed by atoms with Gasteiger partial charge in [0.2, 0.25) is 0 Å². The fourth-order valence-electron chi connectivity index (χ4n) is 0.913. The second kappa shape index (κ2) is 3.09. The van der Waals surface area contributed by atoms with Crippen molar-refractivity contribution < 1.29 is 0 Å². The minimum Gasteiger partial charge on any atom is -0.342 e. The summed E-state index contributed by atoms with van der Waals surface area (Å²) < 4.78 is 0. The van der Waals surface area contributed by atoms with Gasteiger partial charge in [-0.25, -0.2) is 0 Å². The first-order valence-electron chi connectivity index (χ1n) is 3.40. The fraction of sp³-hybridized carbons (Fsp3) is 0.222. The number of rotatable bonds is 1. The smallest absolute Gasteiger partial charge is 0.0833 e. The highest BCUT2D eigenvalue weighted by Crippen LogP contribution is 2.08.